The van der Waals surface area contributed by atoms with E-state index in [2.05, 4.69) is 20.2 Å². The van der Waals surface area contributed by atoms with Crippen molar-refractivity contribution in [1.29, 1.82) is 0 Å². The molecule has 1 N–H and O–H groups in total. The van der Waals surface area contributed by atoms with Crippen LogP contribution in [0.4, 0.5) is 10.8 Å². The number of fused-ring (bicyclic) bond motifs is 1. The van der Waals surface area contributed by atoms with Gasteiger partial charge in [-0.15, -0.1) is 0 Å². The Morgan fingerprint density at radius 3 is 2.71 bits per heavy atom. The van der Waals surface area contributed by atoms with Gasteiger partial charge in [0.25, 0.3) is 5.56 Å². The quantitative estimate of drug-likeness (QED) is 0.421. The van der Waals surface area contributed by atoms with E-state index in [0.717, 1.165) is 48.7 Å². The molecule has 0 radical (unpaired) electrons. The highest BCUT2D eigenvalue weighted by Crippen LogP contribution is 2.29. The van der Waals surface area contributed by atoms with Gasteiger partial charge in [0.05, 0.1) is 5.75 Å². The average molecular weight is 458 g/mol. The number of thiazole rings is 1. The maximum Gasteiger partial charge on any atom is 0.273 e. The van der Waals surface area contributed by atoms with Gasteiger partial charge in [0.2, 0.25) is 5.91 Å². The van der Waals surface area contributed by atoms with Crippen LogP contribution in [0.1, 0.15) is 38.2 Å². The molecule has 1 aliphatic heterocycles. The van der Waals surface area contributed by atoms with E-state index in [9.17, 15) is 9.59 Å². The molecule has 9 heteroatoms. The summed E-state index contributed by atoms with van der Waals surface area (Å²) in [6.45, 7) is 6.51. The van der Waals surface area contributed by atoms with E-state index in [1.165, 1.54) is 29.5 Å². The molecule has 31 heavy (non-hydrogen) atoms. The third-order valence-electron chi connectivity index (χ3n) is 5.30. The highest BCUT2D eigenvalue weighted by molar-refractivity contribution is 7.99. The van der Waals surface area contributed by atoms with Crippen molar-refractivity contribution in [1.82, 2.24) is 14.5 Å². The zero-order valence-corrected chi connectivity index (χ0v) is 19.5. The van der Waals surface area contributed by atoms with Gasteiger partial charge in [-0.1, -0.05) is 48.2 Å². The summed E-state index contributed by atoms with van der Waals surface area (Å²) in [5.41, 5.74) is 2.24. The number of nitrogens with zero attached hydrogens (tertiary/aromatic N) is 4. The molecular formula is C22H27N5O2S2. The minimum absolute atomic E-state index is 0.0607. The number of hydrogen-bond donors (Lipinski definition) is 1. The van der Waals surface area contributed by atoms with Crippen LogP contribution in [0.3, 0.4) is 0 Å². The number of aryl methyl sites for hydroxylation is 1. The van der Waals surface area contributed by atoms with E-state index in [-0.39, 0.29) is 17.2 Å². The molecule has 1 aromatic carbocycles. The smallest absolute Gasteiger partial charge is 0.273 e. The lowest BCUT2D eigenvalue weighted by atomic mass is 10.1. The van der Waals surface area contributed by atoms with Crippen molar-refractivity contribution < 1.29 is 4.79 Å². The molecule has 0 bridgehead atoms. The second-order valence-electron chi connectivity index (χ2n) is 7.70. The number of nitrogens with one attached hydrogen (secondary N) is 1. The molecule has 3 heterocycles. The van der Waals surface area contributed by atoms with Gasteiger partial charge in [-0.25, -0.2) is 4.98 Å². The molecule has 4 rings (SSSR count). The lowest BCUT2D eigenvalue weighted by Crippen LogP contribution is -2.29. The van der Waals surface area contributed by atoms with E-state index in [4.69, 9.17) is 0 Å². The Kier molecular flexibility index (Phi) is 6.92. The van der Waals surface area contributed by atoms with Crippen LogP contribution < -0.4 is 15.8 Å². The first kappa shape index (κ1) is 21.8. The number of anilines is 2. The first-order chi connectivity index (χ1) is 15.1. The fraction of sp³-hybridized carbons (Fsp3) is 0.455. The lowest BCUT2D eigenvalue weighted by molar-refractivity contribution is -0.113. The van der Waals surface area contributed by atoms with Crippen molar-refractivity contribution in [3.05, 3.63) is 40.2 Å². The minimum Gasteiger partial charge on any atom is -0.348 e. The van der Waals surface area contributed by atoms with Crippen LogP contribution in [0.5, 0.6) is 0 Å². The molecule has 2 aromatic heterocycles. The van der Waals surface area contributed by atoms with Crippen molar-refractivity contribution in [3.63, 3.8) is 0 Å². The summed E-state index contributed by atoms with van der Waals surface area (Å²) < 4.78 is 2.29. The topological polar surface area (TPSA) is 80.1 Å². The van der Waals surface area contributed by atoms with Crippen molar-refractivity contribution in [2.24, 2.45) is 0 Å². The van der Waals surface area contributed by atoms with E-state index in [1.807, 2.05) is 38.1 Å². The fourth-order valence-corrected chi connectivity index (χ4v) is 5.48. The zero-order chi connectivity index (χ0) is 21.8. The fourth-order valence-electron chi connectivity index (χ4n) is 3.66. The van der Waals surface area contributed by atoms with Crippen LogP contribution in [-0.4, -0.2) is 39.3 Å². The maximum atomic E-state index is 13.2. The van der Waals surface area contributed by atoms with Crippen LogP contribution in [0, 0.1) is 6.92 Å². The van der Waals surface area contributed by atoms with Gasteiger partial charge in [-0.2, -0.15) is 4.98 Å². The summed E-state index contributed by atoms with van der Waals surface area (Å²) >= 11 is 2.72. The van der Waals surface area contributed by atoms with Gasteiger partial charge < -0.3 is 10.2 Å². The molecule has 1 amide bonds. The van der Waals surface area contributed by atoms with Crippen molar-refractivity contribution in [2.45, 2.75) is 51.2 Å². The Morgan fingerprint density at radius 2 is 1.97 bits per heavy atom. The van der Waals surface area contributed by atoms with Gasteiger partial charge in [0.15, 0.2) is 15.9 Å². The average Bonchev–Trinajstić information content (AvgIpc) is 3.21. The maximum absolute atomic E-state index is 13.2. The minimum atomic E-state index is -0.121. The highest BCUT2D eigenvalue weighted by atomic mass is 32.2. The molecule has 164 valence electrons. The molecule has 1 aliphatic rings. The number of rotatable bonds is 7. The summed E-state index contributed by atoms with van der Waals surface area (Å²) in [6.07, 6.45) is 4.36. The molecule has 0 aliphatic carbocycles. The number of carbonyl (C=O) groups is 1. The molecule has 0 unspecified atom stereocenters. The van der Waals surface area contributed by atoms with E-state index in [0.29, 0.717) is 22.0 Å². The van der Waals surface area contributed by atoms with Crippen molar-refractivity contribution >= 4 is 50.2 Å². The SMILES string of the molecule is CCCn1c(SCC(=O)Nc2ccccc2C)nc2nc(N3CCCCC3)sc2c1=O. The summed E-state index contributed by atoms with van der Waals surface area (Å²) in [5.74, 6) is 0.0584. The highest BCUT2D eigenvalue weighted by Gasteiger charge is 2.20. The number of aromatic nitrogens is 3. The van der Waals surface area contributed by atoms with Crippen LogP contribution in [-0.2, 0) is 11.3 Å². The van der Waals surface area contributed by atoms with Gasteiger partial charge in [0, 0.05) is 25.3 Å². The van der Waals surface area contributed by atoms with Crippen LogP contribution in [0.2, 0.25) is 0 Å². The standard InChI is InChI=1S/C22H27N5O2S2/c1-3-11-27-20(29)18-19(24-21(31-18)26-12-7-4-8-13-26)25-22(27)30-14-17(28)23-16-10-6-5-9-15(16)2/h5-6,9-10H,3-4,7-8,11-14H2,1-2H3,(H,23,28). The normalized spacial score (nSPS) is 14.2. The molecule has 0 saturated carbocycles. The molecule has 0 spiro atoms. The zero-order valence-electron chi connectivity index (χ0n) is 17.9. The van der Waals surface area contributed by atoms with E-state index in [1.54, 1.807) is 4.57 Å². The molecule has 1 saturated heterocycles. The van der Waals surface area contributed by atoms with E-state index < -0.39 is 0 Å². The number of carbonyl (C=O) groups excluding carboxylic acids is 1. The number of hydrogen-bond acceptors (Lipinski definition) is 7. The van der Waals surface area contributed by atoms with Crippen LogP contribution >= 0.6 is 23.1 Å². The molecular weight excluding hydrogens is 430 g/mol. The Morgan fingerprint density at radius 1 is 1.19 bits per heavy atom. The first-order valence-corrected chi connectivity index (χ1v) is 12.5. The summed E-state index contributed by atoms with van der Waals surface area (Å²) in [6, 6.07) is 7.67. The second kappa shape index (κ2) is 9.82. The Balaban J connectivity index is 1.57. The van der Waals surface area contributed by atoms with Gasteiger partial charge >= 0.3 is 0 Å². The lowest BCUT2D eigenvalue weighted by Gasteiger charge is -2.25. The van der Waals surface area contributed by atoms with Crippen molar-refractivity contribution in [2.75, 3.05) is 29.1 Å². The number of para-hydroxylation sites is 1. The Bertz CT molecular complexity index is 1130. The third-order valence-corrected chi connectivity index (χ3v) is 7.36. The number of amides is 1. The molecule has 7 nitrogen and oxygen atoms in total. The summed E-state index contributed by atoms with van der Waals surface area (Å²) in [4.78, 5) is 37.3. The molecule has 3 aromatic rings. The largest absolute Gasteiger partial charge is 0.348 e. The van der Waals surface area contributed by atoms with E-state index >= 15 is 0 Å². The monoisotopic (exact) mass is 457 g/mol. The van der Waals surface area contributed by atoms with Gasteiger partial charge in [-0.3, -0.25) is 14.2 Å². The second-order valence-corrected chi connectivity index (χ2v) is 9.62. The third kappa shape index (κ3) is 4.93. The number of thioether (sulfide) groups is 1. The summed E-state index contributed by atoms with van der Waals surface area (Å²) in [5, 5.41) is 4.36. The predicted octanol–water partition coefficient (Wildman–Crippen LogP) is 4.29. The molecule has 1 fully saturated rings. The van der Waals surface area contributed by atoms with Crippen LogP contribution in [0.25, 0.3) is 10.3 Å². The number of piperidine rings is 1. The Hall–Kier alpha value is -2.39. The predicted molar refractivity (Wildman–Crippen MR) is 129 cm³/mol. The van der Waals surface area contributed by atoms with Crippen molar-refractivity contribution in [3.8, 4) is 0 Å². The first-order valence-electron chi connectivity index (χ1n) is 10.7. The Labute approximate surface area is 189 Å². The molecule has 0 atom stereocenters. The van der Waals surface area contributed by atoms with Gasteiger partial charge in [0.1, 0.15) is 4.70 Å². The summed E-state index contributed by atoms with van der Waals surface area (Å²) in [7, 11) is 0. The number of benzene rings is 1. The van der Waals surface area contributed by atoms with Crippen LogP contribution in [0.15, 0.2) is 34.2 Å². The van der Waals surface area contributed by atoms with Gasteiger partial charge in [-0.05, 0) is 44.2 Å².